The van der Waals surface area contributed by atoms with E-state index >= 15 is 0 Å². The standard InChI is InChI=1S/C9H16N4/c10-9(8-6-11-13-12-8)7-4-2-1-3-5-7/h6-7,9H,1-5,10H2,(H,11,12,13). The molecule has 1 aliphatic carbocycles. The fourth-order valence-electron chi connectivity index (χ4n) is 2.11. The topological polar surface area (TPSA) is 67.6 Å². The molecule has 13 heavy (non-hydrogen) atoms. The zero-order valence-corrected chi connectivity index (χ0v) is 7.74. The van der Waals surface area contributed by atoms with E-state index in [0.717, 1.165) is 5.69 Å². The monoisotopic (exact) mass is 180 g/mol. The summed E-state index contributed by atoms with van der Waals surface area (Å²) in [6.45, 7) is 0. The Morgan fingerprint density at radius 2 is 2.15 bits per heavy atom. The molecular formula is C9H16N4. The van der Waals surface area contributed by atoms with Crippen LogP contribution < -0.4 is 5.73 Å². The average Bonchev–Trinajstić information content (AvgIpc) is 2.71. The number of hydrogen-bond acceptors (Lipinski definition) is 3. The van der Waals surface area contributed by atoms with Crippen LogP contribution in [0.5, 0.6) is 0 Å². The Morgan fingerprint density at radius 1 is 1.38 bits per heavy atom. The Labute approximate surface area is 77.9 Å². The number of nitrogens with zero attached hydrogens (tertiary/aromatic N) is 2. The van der Waals surface area contributed by atoms with Crippen LogP contribution in [-0.4, -0.2) is 15.4 Å². The van der Waals surface area contributed by atoms with Gasteiger partial charge in [0.15, 0.2) is 0 Å². The molecule has 0 amide bonds. The Bertz CT molecular complexity index is 238. The highest BCUT2D eigenvalue weighted by Gasteiger charge is 2.23. The van der Waals surface area contributed by atoms with Gasteiger partial charge in [0.2, 0.25) is 0 Å². The van der Waals surface area contributed by atoms with Crippen LogP contribution in [0, 0.1) is 5.92 Å². The molecule has 1 atom stereocenters. The molecular weight excluding hydrogens is 164 g/mol. The molecule has 0 aliphatic heterocycles. The van der Waals surface area contributed by atoms with Crippen molar-refractivity contribution in [2.75, 3.05) is 0 Å². The van der Waals surface area contributed by atoms with Crippen LogP contribution in [0.25, 0.3) is 0 Å². The maximum atomic E-state index is 6.09. The van der Waals surface area contributed by atoms with Crippen molar-refractivity contribution >= 4 is 0 Å². The fraction of sp³-hybridized carbons (Fsp3) is 0.778. The van der Waals surface area contributed by atoms with Crippen LogP contribution in [0.15, 0.2) is 6.20 Å². The first-order valence-electron chi connectivity index (χ1n) is 4.99. The van der Waals surface area contributed by atoms with Gasteiger partial charge in [-0.2, -0.15) is 15.4 Å². The Kier molecular flexibility index (Phi) is 2.59. The summed E-state index contributed by atoms with van der Waals surface area (Å²) in [5.41, 5.74) is 7.00. The Morgan fingerprint density at radius 3 is 2.77 bits per heavy atom. The van der Waals surface area contributed by atoms with Gasteiger partial charge in [0.25, 0.3) is 0 Å². The molecule has 4 nitrogen and oxygen atoms in total. The summed E-state index contributed by atoms with van der Waals surface area (Å²) in [6.07, 6.45) is 8.22. The molecule has 1 fully saturated rings. The minimum atomic E-state index is 0.0825. The van der Waals surface area contributed by atoms with Gasteiger partial charge in [0, 0.05) is 0 Å². The first-order chi connectivity index (χ1) is 6.38. The van der Waals surface area contributed by atoms with Gasteiger partial charge in [0.05, 0.1) is 17.9 Å². The second-order valence-electron chi connectivity index (χ2n) is 3.82. The van der Waals surface area contributed by atoms with Crippen molar-refractivity contribution in [2.24, 2.45) is 11.7 Å². The molecule has 0 aromatic carbocycles. The zero-order valence-electron chi connectivity index (χ0n) is 7.74. The SMILES string of the molecule is NC(c1cn[nH]n1)C1CCCCC1. The molecule has 1 aromatic heterocycles. The maximum Gasteiger partial charge on any atom is 0.0994 e. The van der Waals surface area contributed by atoms with Crippen LogP contribution in [0.4, 0.5) is 0 Å². The van der Waals surface area contributed by atoms with Crippen LogP contribution in [0.2, 0.25) is 0 Å². The minimum absolute atomic E-state index is 0.0825. The van der Waals surface area contributed by atoms with E-state index in [9.17, 15) is 0 Å². The Hall–Kier alpha value is -0.900. The van der Waals surface area contributed by atoms with Crippen LogP contribution in [-0.2, 0) is 0 Å². The van der Waals surface area contributed by atoms with Crippen molar-refractivity contribution in [1.29, 1.82) is 0 Å². The maximum absolute atomic E-state index is 6.09. The largest absolute Gasteiger partial charge is 0.322 e. The molecule has 0 radical (unpaired) electrons. The second kappa shape index (κ2) is 3.87. The normalized spacial score (nSPS) is 21.6. The first kappa shape index (κ1) is 8.69. The molecule has 0 saturated heterocycles. The van der Waals surface area contributed by atoms with E-state index in [1.807, 2.05) is 0 Å². The molecule has 1 aliphatic rings. The van der Waals surface area contributed by atoms with Gasteiger partial charge < -0.3 is 5.73 Å². The van der Waals surface area contributed by atoms with Crippen LogP contribution >= 0.6 is 0 Å². The zero-order chi connectivity index (χ0) is 9.10. The van der Waals surface area contributed by atoms with Crippen molar-refractivity contribution in [2.45, 2.75) is 38.1 Å². The number of aromatic nitrogens is 3. The van der Waals surface area contributed by atoms with Crippen molar-refractivity contribution < 1.29 is 0 Å². The smallest absolute Gasteiger partial charge is 0.0994 e. The van der Waals surface area contributed by atoms with E-state index in [2.05, 4.69) is 15.4 Å². The number of aromatic amines is 1. The van der Waals surface area contributed by atoms with Crippen molar-refractivity contribution in [1.82, 2.24) is 15.4 Å². The van der Waals surface area contributed by atoms with Crippen molar-refractivity contribution in [3.05, 3.63) is 11.9 Å². The van der Waals surface area contributed by atoms with E-state index < -0.39 is 0 Å². The highest BCUT2D eigenvalue weighted by atomic mass is 15.3. The molecule has 1 saturated carbocycles. The number of rotatable bonds is 2. The lowest BCUT2D eigenvalue weighted by atomic mass is 9.83. The summed E-state index contributed by atoms with van der Waals surface area (Å²) < 4.78 is 0. The van der Waals surface area contributed by atoms with Gasteiger partial charge in [-0.25, -0.2) is 0 Å². The summed E-state index contributed by atoms with van der Waals surface area (Å²) in [7, 11) is 0. The lowest BCUT2D eigenvalue weighted by Crippen LogP contribution is -2.23. The van der Waals surface area contributed by atoms with E-state index in [1.165, 1.54) is 32.1 Å². The summed E-state index contributed by atoms with van der Waals surface area (Å²) in [6, 6.07) is 0.0825. The van der Waals surface area contributed by atoms with E-state index in [4.69, 9.17) is 5.73 Å². The van der Waals surface area contributed by atoms with Gasteiger partial charge in [-0.05, 0) is 18.8 Å². The van der Waals surface area contributed by atoms with Crippen LogP contribution in [0.3, 0.4) is 0 Å². The average molecular weight is 180 g/mol. The highest BCUT2D eigenvalue weighted by Crippen LogP contribution is 2.31. The Balaban J connectivity index is 1.99. The van der Waals surface area contributed by atoms with Gasteiger partial charge >= 0.3 is 0 Å². The molecule has 2 rings (SSSR count). The third-order valence-corrected chi connectivity index (χ3v) is 2.93. The highest BCUT2D eigenvalue weighted by molar-refractivity contribution is 5.01. The predicted octanol–water partition coefficient (Wildman–Crippen LogP) is 1.38. The molecule has 1 unspecified atom stereocenters. The lowest BCUT2D eigenvalue weighted by Gasteiger charge is -2.25. The number of nitrogens with two attached hydrogens (primary N) is 1. The fourth-order valence-corrected chi connectivity index (χ4v) is 2.11. The minimum Gasteiger partial charge on any atom is -0.322 e. The van der Waals surface area contributed by atoms with Gasteiger partial charge in [-0.3, -0.25) is 0 Å². The van der Waals surface area contributed by atoms with Gasteiger partial charge in [-0.15, -0.1) is 0 Å². The summed E-state index contributed by atoms with van der Waals surface area (Å²) in [5, 5.41) is 10.4. The van der Waals surface area contributed by atoms with Crippen molar-refractivity contribution in [3.8, 4) is 0 Å². The summed E-state index contributed by atoms with van der Waals surface area (Å²) >= 11 is 0. The van der Waals surface area contributed by atoms with Gasteiger partial charge in [0.1, 0.15) is 0 Å². The van der Waals surface area contributed by atoms with Gasteiger partial charge in [-0.1, -0.05) is 19.3 Å². The lowest BCUT2D eigenvalue weighted by molar-refractivity contribution is 0.304. The molecule has 0 bridgehead atoms. The molecule has 3 N–H and O–H groups in total. The number of hydrogen-bond donors (Lipinski definition) is 2. The molecule has 1 heterocycles. The third kappa shape index (κ3) is 1.88. The molecule has 72 valence electrons. The second-order valence-corrected chi connectivity index (χ2v) is 3.82. The van der Waals surface area contributed by atoms with E-state index in [1.54, 1.807) is 6.20 Å². The third-order valence-electron chi connectivity index (χ3n) is 2.93. The summed E-state index contributed by atoms with van der Waals surface area (Å²) in [4.78, 5) is 0. The molecule has 1 aromatic rings. The number of nitrogens with one attached hydrogen (secondary N) is 1. The molecule has 0 spiro atoms. The van der Waals surface area contributed by atoms with E-state index in [-0.39, 0.29) is 6.04 Å². The quantitative estimate of drug-likeness (QED) is 0.722. The number of H-pyrrole nitrogens is 1. The summed E-state index contributed by atoms with van der Waals surface area (Å²) in [5.74, 6) is 0.610. The van der Waals surface area contributed by atoms with E-state index in [0.29, 0.717) is 5.92 Å². The predicted molar refractivity (Wildman–Crippen MR) is 49.9 cm³/mol. The molecule has 4 heteroatoms. The van der Waals surface area contributed by atoms with Crippen LogP contribution in [0.1, 0.15) is 43.8 Å². The van der Waals surface area contributed by atoms with Crippen molar-refractivity contribution in [3.63, 3.8) is 0 Å². The first-order valence-corrected chi connectivity index (χ1v) is 4.99.